The second kappa shape index (κ2) is 5.85. The molecule has 0 unspecified atom stereocenters. The molecule has 0 aliphatic rings. The van der Waals surface area contributed by atoms with Gasteiger partial charge in [0.1, 0.15) is 11.6 Å². The molecule has 1 aromatic rings. The monoisotopic (exact) mass is 234 g/mol. The minimum atomic E-state index is -0.308. The molecule has 1 rings (SSSR count). The molecular formula is C12H14N2O3. The molecular weight excluding hydrogens is 220 g/mol. The van der Waals surface area contributed by atoms with Crippen LogP contribution in [-0.2, 0) is 16.1 Å². The van der Waals surface area contributed by atoms with Crippen LogP contribution >= 0.6 is 0 Å². The zero-order chi connectivity index (χ0) is 12.8. The van der Waals surface area contributed by atoms with Gasteiger partial charge in [-0.1, -0.05) is 0 Å². The molecule has 1 heterocycles. The van der Waals surface area contributed by atoms with Crippen molar-refractivity contribution in [3.63, 3.8) is 0 Å². The molecule has 0 aromatic carbocycles. The number of hydrogen-bond acceptors (Lipinski definition) is 4. The third-order valence-electron chi connectivity index (χ3n) is 2.50. The Morgan fingerprint density at radius 1 is 1.53 bits per heavy atom. The minimum Gasteiger partial charge on any atom is -0.469 e. The lowest BCUT2D eigenvalue weighted by Crippen LogP contribution is -2.24. The van der Waals surface area contributed by atoms with Gasteiger partial charge >= 0.3 is 5.97 Å². The van der Waals surface area contributed by atoms with Gasteiger partial charge in [0.2, 0.25) is 0 Å². The molecule has 0 amide bonds. The maximum Gasteiger partial charge on any atom is 0.305 e. The maximum atomic E-state index is 11.8. The minimum absolute atomic E-state index is 0.119. The molecule has 1 aromatic heterocycles. The van der Waals surface area contributed by atoms with E-state index in [4.69, 9.17) is 5.26 Å². The van der Waals surface area contributed by atoms with E-state index in [1.807, 2.05) is 6.07 Å². The number of carbonyl (C=O) groups excluding carboxylic acids is 1. The second-order valence-corrected chi connectivity index (χ2v) is 3.64. The smallest absolute Gasteiger partial charge is 0.305 e. The summed E-state index contributed by atoms with van der Waals surface area (Å²) in [6.07, 6.45) is 0.779. The summed E-state index contributed by atoms with van der Waals surface area (Å²) >= 11 is 0. The molecule has 0 N–H and O–H groups in total. The zero-order valence-electron chi connectivity index (χ0n) is 9.90. The first-order valence-electron chi connectivity index (χ1n) is 5.27. The van der Waals surface area contributed by atoms with E-state index in [0.717, 1.165) is 5.69 Å². The van der Waals surface area contributed by atoms with Gasteiger partial charge in [-0.05, 0) is 25.5 Å². The predicted molar refractivity (Wildman–Crippen MR) is 61.4 cm³/mol. The average Bonchev–Trinajstić information content (AvgIpc) is 2.33. The fraction of sp³-hybridized carbons (Fsp3) is 0.417. The van der Waals surface area contributed by atoms with Crippen LogP contribution < -0.4 is 5.56 Å². The molecule has 90 valence electrons. The van der Waals surface area contributed by atoms with Crippen LogP contribution in [0.1, 0.15) is 24.1 Å². The molecule has 0 atom stereocenters. The lowest BCUT2D eigenvalue weighted by Gasteiger charge is -2.09. The summed E-state index contributed by atoms with van der Waals surface area (Å²) in [5.41, 5.74) is 0.588. The van der Waals surface area contributed by atoms with Gasteiger partial charge in [0.25, 0.3) is 5.56 Å². The van der Waals surface area contributed by atoms with E-state index in [0.29, 0.717) is 13.0 Å². The van der Waals surface area contributed by atoms with Gasteiger partial charge in [-0.15, -0.1) is 0 Å². The van der Waals surface area contributed by atoms with Gasteiger partial charge in [-0.25, -0.2) is 0 Å². The van der Waals surface area contributed by atoms with Gasteiger partial charge in [-0.2, -0.15) is 5.26 Å². The molecule has 5 nitrogen and oxygen atoms in total. The van der Waals surface area contributed by atoms with Crippen molar-refractivity contribution in [1.82, 2.24) is 4.57 Å². The highest BCUT2D eigenvalue weighted by Crippen LogP contribution is 2.01. The number of rotatable bonds is 4. The Hall–Kier alpha value is -2.09. The van der Waals surface area contributed by atoms with Crippen molar-refractivity contribution in [2.24, 2.45) is 0 Å². The van der Waals surface area contributed by atoms with Crippen molar-refractivity contribution in [3.8, 4) is 6.07 Å². The summed E-state index contributed by atoms with van der Waals surface area (Å²) in [6, 6.07) is 5.08. The molecule has 0 spiro atoms. The molecule has 0 fully saturated rings. The lowest BCUT2D eigenvalue weighted by molar-refractivity contribution is -0.140. The first-order valence-corrected chi connectivity index (χ1v) is 5.27. The van der Waals surface area contributed by atoms with Crippen molar-refractivity contribution in [1.29, 1.82) is 5.26 Å². The van der Waals surface area contributed by atoms with Crippen molar-refractivity contribution in [2.75, 3.05) is 7.11 Å². The van der Waals surface area contributed by atoms with Crippen molar-refractivity contribution >= 4 is 5.97 Å². The molecule has 0 radical (unpaired) electrons. The van der Waals surface area contributed by atoms with Gasteiger partial charge in [-0.3, -0.25) is 9.59 Å². The number of aromatic nitrogens is 1. The molecule has 0 saturated heterocycles. The molecule has 5 heteroatoms. The third kappa shape index (κ3) is 3.18. The average molecular weight is 234 g/mol. The topological polar surface area (TPSA) is 72.1 Å². The SMILES string of the molecule is COC(=O)CCCn1c(C)ccc(C#N)c1=O. The first-order chi connectivity index (χ1) is 8.10. The van der Waals surface area contributed by atoms with E-state index < -0.39 is 0 Å². The number of carbonyl (C=O) groups is 1. The summed E-state index contributed by atoms with van der Waals surface area (Å²) in [6.45, 7) is 2.20. The number of aryl methyl sites for hydroxylation is 1. The Labute approximate surface area is 99.2 Å². The molecule has 0 aliphatic heterocycles. The van der Waals surface area contributed by atoms with Crippen LogP contribution in [0.2, 0.25) is 0 Å². The second-order valence-electron chi connectivity index (χ2n) is 3.64. The van der Waals surface area contributed by atoms with Crippen molar-refractivity contribution in [2.45, 2.75) is 26.3 Å². The highest BCUT2D eigenvalue weighted by molar-refractivity contribution is 5.68. The predicted octanol–water partition coefficient (Wildman–Crippen LogP) is 0.982. The molecule has 0 aliphatic carbocycles. The molecule has 0 saturated carbocycles. The van der Waals surface area contributed by atoms with Crippen LogP contribution in [0.25, 0.3) is 0 Å². The Balaban J connectivity index is 2.81. The quantitative estimate of drug-likeness (QED) is 0.728. The van der Waals surface area contributed by atoms with E-state index in [1.54, 1.807) is 13.0 Å². The zero-order valence-corrected chi connectivity index (χ0v) is 9.90. The van der Waals surface area contributed by atoms with Crippen molar-refractivity contribution in [3.05, 3.63) is 33.7 Å². The number of pyridine rings is 1. The summed E-state index contributed by atoms with van der Waals surface area (Å²) in [5.74, 6) is -0.299. The Morgan fingerprint density at radius 3 is 2.82 bits per heavy atom. The van der Waals surface area contributed by atoms with Crippen LogP contribution in [0.5, 0.6) is 0 Å². The van der Waals surface area contributed by atoms with Gasteiger partial charge in [0.05, 0.1) is 7.11 Å². The Morgan fingerprint density at radius 2 is 2.24 bits per heavy atom. The van der Waals surface area contributed by atoms with Gasteiger partial charge in [0, 0.05) is 18.7 Å². The van der Waals surface area contributed by atoms with Gasteiger partial charge < -0.3 is 9.30 Å². The van der Waals surface area contributed by atoms with Crippen LogP contribution in [0, 0.1) is 18.3 Å². The van der Waals surface area contributed by atoms with E-state index in [1.165, 1.54) is 17.7 Å². The number of hydrogen-bond donors (Lipinski definition) is 0. The van der Waals surface area contributed by atoms with Gasteiger partial charge in [0.15, 0.2) is 0 Å². The standard InChI is InChI=1S/C12H14N2O3/c1-9-5-6-10(8-13)12(16)14(9)7-3-4-11(15)17-2/h5-6H,3-4,7H2,1-2H3. The van der Waals surface area contributed by atoms with E-state index >= 15 is 0 Å². The summed E-state index contributed by atoms with van der Waals surface area (Å²) in [5, 5.41) is 8.75. The Kier molecular flexibility index (Phi) is 4.46. The molecule has 0 bridgehead atoms. The summed E-state index contributed by atoms with van der Waals surface area (Å²) in [7, 11) is 1.33. The fourth-order valence-corrected chi connectivity index (χ4v) is 1.52. The number of nitriles is 1. The van der Waals surface area contributed by atoms with Crippen LogP contribution in [-0.4, -0.2) is 17.6 Å². The third-order valence-corrected chi connectivity index (χ3v) is 2.50. The largest absolute Gasteiger partial charge is 0.469 e. The van der Waals surface area contributed by atoms with Crippen molar-refractivity contribution < 1.29 is 9.53 Å². The number of methoxy groups -OCH3 is 1. The molecule has 17 heavy (non-hydrogen) atoms. The number of esters is 1. The van der Waals surface area contributed by atoms with Crippen LogP contribution in [0.15, 0.2) is 16.9 Å². The van der Waals surface area contributed by atoms with E-state index in [2.05, 4.69) is 4.74 Å². The highest BCUT2D eigenvalue weighted by Gasteiger charge is 2.06. The maximum absolute atomic E-state index is 11.8. The first kappa shape index (κ1) is 13.0. The van der Waals surface area contributed by atoms with E-state index in [-0.39, 0.29) is 23.5 Å². The number of ether oxygens (including phenoxy) is 1. The summed E-state index contributed by atoms with van der Waals surface area (Å²) < 4.78 is 6.02. The highest BCUT2D eigenvalue weighted by atomic mass is 16.5. The Bertz CT molecular complexity index is 511. The number of nitrogens with zero attached hydrogens (tertiary/aromatic N) is 2. The van der Waals surface area contributed by atoms with E-state index in [9.17, 15) is 9.59 Å². The lowest BCUT2D eigenvalue weighted by atomic mass is 10.2. The summed E-state index contributed by atoms with van der Waals surface area (Å²) in [4.78, 5) is 22.7. The normalized spacial score (nSPS) is 9.71. The fourth-order valence-electron chi connectivity index (χ4n) is 1.52. The van der Waals surface area contributed by atoms with Crippen LogP contribution in [0.4, 0.5) is 0 Å². The van der Waals surface area contributed by atoms with Crippen LogP contribution in [0.3, 0.4) is 0 Å².